The monoisotopic (exact) mass is 555 g/mol. The Morgan fingerprint density at radius 2 is 1.62 bits per heavy atom. The molecule has 1 N–H and O–H groups in total. The van der Waals surface area contributed by atoms with Crippen molar-refractivity contribution in [1.29, 1.82) is 0 Å². The van der Waals surface area contributed by atoms with Gasteiger partial charge in [0.25, 0.3) is 10.0 Å². The summed E-state index contributed by atoms with van der Waals surface area (Å²) in [7, 11) is -4.21. The van der Waals surface area contributed by atoms with Crippen LogP contribution in [0.15, 0.2) is 77.7 Å². The predicted octanol–water partition coefficient (Wildman–Crippen LogP) is 4.28. The lowest BCUT2D eigenvalue weighted by atomic mass is 10.1. The zero-order chi connectivity index (χ0) is 28.6. The summed E-state index contributed by atoms with van der Waals surface area (Å²) in [6.07, 6.45) is 0. The van der Waals surface area contributed by atoms with Crippen LogP contribution in [0.5, 0.6) is 5.75 Å². The lowest BCUT2D eigenvalue weighted by molar-refractivity contribution is -0.139. The number of nitrogens with one attached hydrogen (secondary N) is 1. The molecule has 39 heavy (non-hydrogen) atoms. The first-order valence-electron chi connectivity index (χ1n) is 12.7. The zero-order valence-corrected chi connectivity index (χ0v) is 23.4. The van der Waals surface area contributed by atoms with Gasteiger partial charge < -0.3 is 15.0 Å². The van der Waals surface area contributed by atoms with Crippen LogP contribution >= 0.6 is 0 Å². The molecular weight excluding hydrogens is 521 g/mol. The summed E-state index contributed by atoms with van der Waals surface area (Å²) in [5.74, 6) is -1.11. The highest BCUT2D eigenvalue weighted by Gasteiger charge is 2.32. The number of carbonyl (C=O) groups is 2. The van der Waals surface area contributed by atoms with Crippen LogP contribution in [-0.4, -0.2) is 50.9 Å². The van der Waals surface area contributed by atoms with Gasteiger partial charge in [0.05, 0.1) is 17.2 Å². The Morgan fingerprint density at radius 3 is 2.21 bits per heavy atom. The molecule has 0 bridgehead atoms. The number of hydrogen-bond donors (Lipinski definition) is 1. The fourth-order valence-corrected chi connectivity index (χ4v) is 5.37. The molecule has 1 atom stereocenters. The number of sulfonamides is 1. The number of anilines is 1. The van der Waals surface area contributed by atoms with Gasteiger partial charge in [-0.3, -0.25) is 13.9 Å². The first-order chi connectivity index (χ1) is 18.6. The van der Waals surface area contributed by atoms with Crippen molar-refractivity contribution >= 4 is 27.5 Å². The van der Waals surface area contributed by atoms with E-state index in [2.05, 4.69) is 5.32 Å². The number of aryl methyl sites for hydroxylation is 1. The van der Waals surface area contributed by atoms with Crippen molar-refractivity contribution < 1.29 is 27.1 Å². The van der Waals surface area contributed by atoms with Crippen LogP contribution in [0.25, 0.3) is 0 Å². The molecule has 3 aromatic carbocycles. The smallest absolute Gasteiger partial charge is 0.264 e. The van der Waals surface area contributed by atoms with E-state index in [4.69, 9.17) is 4.74 Å². The first kappa shape index (κ1) is 29.6. The maximum atomic E-state index is 14.5. The summed E-state index contributed by atoms with van der Waals surface area (Å²) in [6, 6.07) is 17.6. The Balaban J connectivity index is 2.02. The molecule has 0 spiro atoms. The number of benzene rings is 3. The van der Waals surface area contributed by atoms with Gasteiger partial charge in [0.2, 0.25) is 11.8 Å². The molecule has 0 aliphatic carbocycles. The molecule has 0 heterocycles. The van der Waals surface area contributed by atoms with Gasteiger partial charge >= 0.3 is 0 Å². The van der Waals surface area contributed by atoms with E-state index in [0.717, 1.165) is 9.87 Å². The summed E-state index contributed by atoms with van der Waals surface area (Å²) >= 11 is 0. The third kappa shape index (κ3) is 7.35. The lowest BCUT2D eigenvalue weighted by Gasteiger charge is -2.32. The highest BCUT2D eigenvalue weighted by atomic mass is 32.2. The maximum absolute atomic E-state index is 14.5. The SMILES string of the molecule is CCNC(=O)[C@@H](C)N(Cc1ccccc1F)C(=O)CN(c1ccc(C)cc1)S(=O)(=O)c1ccc(OCC)cc1. The van der Waals surface area contributed by atoms with E-state index in [1.165, 1.54) is 42.2 Å². The van der Waals surface area contributed by atoms with Crippen LogP contribution in [0.2, 0.25) is 0 Å². The zero-order valence-electron chi connectivity index (χ0n) is 22.6. The van der Waals surface area contributed by atoms with Gasteiger partial charge in [-0.25, -0.2) is 12.8 Å². The van der Waals surface area contributed by atoms with Crippen LogP contribution in [0.3, 0.4) is 0 Å². The molecule has 8 nitrogen and oxygen atoms in total. The van der Waals surface area contributed by atoms with Crippen molar-refractivity contribution in [2.45, 2.75) is 45.2 Å². The van der Waals surface area contributed by atoms with E-state index in [1.807, 2.05) is 13.8 Å². The van der Waals surface area contributed by atoms with Crippen molar-refractivity contribution in [2.24, 2.45) is 0 Å². The van der Waals surface area contributed by atoms with Crippen LogP contribution < -0.4 is 14.4 Å². The first-order valence-corrected chi connectivity index (χ1v) is 14.1. The number of carbonyl (C=O) groups excluding carboxylic acids is 2. The Kier molecular flexibility index (Phi) is 10.1. The van der Waals surface area contributed by atoms with Gasteiger partial charge in [0.1, 0.15) is 24.2 Å². The molecule has 0 saturated heterocycles. The number of rotatable bonds is 12. The third-order valence-electron chi connectivity index (χ3n) is 6.14. The van der Waals surface area contributed by atoms with Crippen molar-refractivity contribution in [3.63, 3.8) is 0 Å². The van der Waals surface area contributed by atoms with E-state index < -0.39 is 40.2 Å². The molecule has 0 aliphatic heterocycles. The normalized spacial score (nSPS) is 11.9. The summed E-state index contributed by atoms with van der Waals surface area (Å²) < 4.78 is 48.6. The Morgan fingerprint density at radius 1 is 0.974 bits per heavy atom. The van der Waals surface area contributed by atoms with Crippen molar-refractivity contribution in [3.8, 4) is 5.75 Å². The minimum absolute atomic E-state index is 0.0308. The van der Waals surface area contributed by atoms with E-state index in [0.29, 0.717) is 18.9 Å². The van der Waals surface area contributed by atoms with E-state index in [1.54, 1.807) is 49.4 Å². The Bertz CT molecular complexity index is 1380. The molecule has 0 aliphatic rings. The third-order valence-corrected chi connectivity index (χ3v) is 7.93. The number of halogens is 1. The van der Waals surface area contributed by atoms with Gasteiger partial charge in [0, 0.05) is 18.7 Å². The average molecular weight is 556 g/mol. The van der Waals surface area contributed by atoms with E-state index in [9.17, 15) is 22.4 Å². The van der Waals surface area contributed by atoms with Crippen molar-refractivity contribution in [3.05, 3.63) is 89.7 Å². The number of amides is 2. The second-order valence-corrected chi connectivity index (χ2v) is 10.8. The molecular formula is C29H34FN3O5S. The minimum atomic E-state index is -4.21. The van der Waals surface area contributed by atoms with Crippen LogP contribution in [0.1, 0.15) is 31.9 Å². The molecule has 2 amide bonds. The highest BCUT2D eigenvalue weighted by molar-refractivity contribution is 7.92. The van der Waals surface area contributed by atoms with Crippen molar-refractivity contribution in [1.82, 2.24) is 10.2 Å². The van der Waals surface area contributed by atoms with Gasteiger partial charge in [-0.15, -0.1) is 0 Å². The molecule has 3 aromatic rings. The quantitative estimate of drug-likeness (QED) is 0.360. The molecule has 208 valence electrons. The lowest BCUT2D eigenvalue weighted by Crippen LogP contribution is -2.51. The summed E-state index contributed by atoms with van der Waals surface area (Å²) in [5.41, 5.74) is 1.40. The minimum Gasteiger partial charge on any atom is -0.494 e. The van der Waals surface area contributed by atoms with E-state index >= 15 is 0 Å². The molecule has 0 radical (unpaired) electrons. The number of hydrogen-bond acceptors (Lipinski definition) is 5. The van der Waals surface area contributed by atoms with Crippen LogP contribution in [0, 0.1) is 12.7 Å². The molecule has 0 unspecified atom stereocenters. The fourth-order valence-electron chi connectivity index (χ4n) is 3.96. The van der Waals surface area contributed by atoms with Crippen molar-refractivity contribution in [2.75, 3.05) is 24.0 Å². The standard InChI is InChI=1S/C29H34FN3O5S/c1-5-31-29(35)22(4)32(19-23-9-7-8-10-27(23)30)28(34)20-33(24-13-11-21(3)12-14-24)39(36,37)26-17-15-25(16-18-26)38-6-2/h7-18,22H,5-6,19-20H2,1-4H3,(H,31,35)/t22-/m1/s1. The maximum Gasteiger partial charge on any atom is 0.264 e. The topological polar surface area (TPSA) is 96.0 Å². The average Bonchev–Trinajstić information content (AvgIpc) is 2.92. The molecule has 0 fully saturated rings. The summed E-state index contributed by atoms with van der Waals surface area (Å²) in [4.78, 5) is 27.7. The summed E-state index contributed by atoms with van der Waals surface area (Å²) in [6.45, 7) is 6.92. The number of likely N-dealkylation sites (N-methyl/N-ethyl adjacent to an activating group) is 1. The Hall–Kier alpha value is -3.92. The number of ether oxygens (including phenoxy) is 1. The largest absolute Gasteiger partial charge is 0.494 e. The second kappa shape index (κ2) is 13.2. The van der Waals surface area contributed by atoms with Gasteiger partial charge in [-0.05, 0) is 70.2 Å². The number of nitrogens with zero attached hydrogens (tertiary/aromatic N) is 2. The molecule has 0 aromatic heterocycles. The van der Waals surface area contributed by atoms with Gasteiger partial charge in [-0.1, -0.05) is 35.9 Å². The van der Waals surface area contributed by atoms with Crippen LogP contribution in [-0.2, 0) is 26.2 Å². The second-order valence-electron chi connectivity index (χ2n) is 8.94. The predicted molar refractivity (Wildman–Crippen MR) is 148 cm³/mol. The van der Waals surface area contributed by atoms with Gasteiger partial charge in [0.15, 0.2) is 0 Å². The fraction of sp³-hybridized carbons (Fsp3) is 0.310. The molecule has 10 heteroatoms. The van der Waals surface area contributed by atoms with Crippen LogP contribution in [0.4, 0.5) is 10.1 Å². The highest BCUT2D eigenvalue weighted by Crippen LogP contribution is 2.26. The van der Waals surface area contributed by atoms with Gasteiger partial charge in [-0.2, -0.15) is 0 Å². The van der Waals surface area contributed by atoms with E-state index in [-0.39, 0.29) is 22.7 Å². The molecule has 0 saturated carbocycles. The Labute approximate surface area is 229 Å². The summed E-state index contributed by atoms with van der Waals surface area (Å²) in [5, 5.41) is 2.67. The molecule has 3 rings (SSSR count).